The summed E-state index contributed by atoms with van der Waals surface area (Å²) in [5.74, 6) is 1.58. The monoisotopic (exact) mass is 251 g/mol. The average molecular weight is 251 g/mol. The molecule has 0 aromatic heterocycles. The molecule has 1 aromatic carbocycles. The van der Waals surface area contributed by atoms with Crippen molar-refractivity contribution in [1.29, 1.82) is 0 Å². The van der Waals surface area contributed by atoms with Gasteiger partial charge in [0, 0.05) is 18.5 Å². The molecule has 0 bridgehead atoms. The molecule has 0 unspecified atom stereocenters. The Morgan fingerprint density at radius 2 is 1.83 bits per heavy atom. The fraction of sp³-hybridized carbons (Fsp3) is 0.500. The molecule has 0 aliphatic carbocycles. The van der Waals surface area contributed by atoms with Crippen molar-refractivity contribution in [2.45, 2.75) is 26.2 Å². The third-order valence-corrected chi connectivity index (χ3v) is 2.70. The van der Waals surface area contributed by atoms with E-state index < -0.39 is 0 Å². The summed E-state index contributed by atoms with van der Waals surface area (Å²) in [7, 11) is 3.24. The number of benzene rings is 1. The first kappa shape index (κ1) is 14.4. The van der Waals surface area contributed by atoms with Crippen LogP contribution in [0.25, 0.3) is 0 Å². The molecular formula is C14H21NO3. The first-order valence-corrected chi connectivity index (χ1v) is 6.19. The Balaban J connectivity index is 2.68. The number of nitrogens with one attached hydrogen (secondary N) is 1. The smallest absolute Gasteiger partial charge is 0.220 e. The van der Waals surface area contributed by atoms with Crippen molar-refractivity contribution in [3.05, 3.63) is 23.8 Å². The Labute approximate surface area is 108 Å². The maximum absolute atomic E-state index is 11.6. The lowest BCUT2D eigenvalue weighted by molar-refractivity contribution is -0.121. The number of methoxy groups -OCH3 is 2. The Hall–Kier alpha value is -1.71. The summed E-state index contributed by atoms with van der Waals surface area (Å²) in [6.07, 6.45) is 2.00. The van der Waals surface area contributed by atoms with Gasteiger partial charge in [0.25, 0.3) is 0 Å². The number of hydrogen-bond acceptors (Lipinski definition) is 3. The molecule has 1 aromatic rings. The molecule has 0 saturated heterocycles. The second kappa shape index (κ2) is 7.58. The Kier molecular flexibility index (Phi) is 6.05. The number of amides is 1. The number of ether oxygens (including phenoxy) is 2. The third-order valence-electron chi connectivity index (χ3n) is 2.70. The summed E-state index contributed by atoms with van der Waals surface area (Å²) in [5, 5.41) is 2.86. The quantitative estimate of drug-likeness (QED) is 0.808. The van der Waals surface area contributed by atoms with Crippen molar-refractivity contribution in [1.82, 2.24) is 5.32 Å². The van der Waals surface area contributed by atoms with Crippen LogP contribution in [0.15, 0.2) is 18.2 Å². The minimum atomic E-state index is 0.0600. The minimum absolute atomic E-state index is 0.0600. The Bertz CT molecular complexity index is 368. The van der Waals surface area contributed by atoms with E-state index in [0.29, 0.717) is 12.8 Å². The van der Waals surface area contributed by atoms with Crippen LogP contribution >= 0.6 is 0 Å². The van der Waals surface area contributed by atoms with E-state index in [9.17, 15) is 4.79 Å². The summed E-state index contributed by atoms with van der Waals surface area (Å²) in [5.41, 5.74) is 0.939. The summed E-state index contributed by atoms with van der Waals surface area (Å²) in [6.45, 7) is 2.76. The maximum atomic E-state index is 11.6. The summed E-state index contributed by atoms with van der Waals surface area (Å²) >= 11 is 0. The summed E-state index contributed by atoms with van der Waals surface area (Å²) in [4.78, 5) is 11.6. The van der Waals surface area contributed by atoms with Crippen molar-refractivity contribution in [2.75, 3.05) is 20.8 Å². The molecule has 0 radical (unpaired) electrons. The van der Waals surface area contributed by atoms with Crippen LogP contribution in [0.2, 0.25) is 0 Å². The highest BCUT2D eigenvalue weighted by molar-refractivity contribution is 5.76. The zero-order valence-electron chi connectivity index (χ0n) is 11.3. The molecular weight excluding hydrogens is 230 g/mol. The minimum Gasteiger partial charge on any atom is -0.496 e. The van der Waals surface area contributed by atoms with Crippen LogP contribution in [0.3, 0.4) is 0 Å². The van der Waals surface area contributed by atoms with Crippen molar-refractivity contribution >= 4 is 5.91 Å². The average Bonchev–Trinajstić information content (AvgIpc) is 2.42. The maximum Gasteiger partial charge on any atom is 0.220 e. The molecule has 1 N–H and O–H groups in total. The fourth-order valence-electron chi connectivity index (χ4n) is 1.77. The number of carbonyl (C=O) groups is 1. The molecule has 0 aliphatic rings. The zero-order chi connectivity index (χ0) is 13.4. The lowest BCUT2D eigenvalue weighted by Gasteiger charge is -2.12. The molecule has 0 atom stereocenters. The van der Waals surface area contributed by atoms with E-state index in [1.54, 1.807) is 14.2 Å². The second-order valence-corrected chi connectivity index (χ2v) is 3.99. The molecule has 0 saturated carbocycles. The van der Waals surface area contributed by atoms with E-state index in [1.165, 1.54) is 0 Å². The van der Waals surface area contributed by atoms with Gasteiger partial charge in [-0.3, -0.25) is 4.79 Å². The van der Waals surface area contributed by atoms with Gasteiger partial charge in [-0.1, -0.05) is 13.0 Å². The highest BCUT2D eigenvalue weighted by Gasteiger charge is 2.11. The molecule has 0 heterocycles. The van der Waals surface area contributed by atoms with Crippen LogP contribution < -0.4 is 14.8 Å². The van der Waals surface area contributed by atoms with E-state index in [4.69, 9.17) is 9.47 Å². The lowest BCUT2D eigenvalue weighted by atomic mass is 10.1. The van der Waals surface area contributed by atoms with Gasteiger partial charge in [-0.2, -0.15) is 0 Å². The third kappa shape index (κ3) is 3.95. The van der Waals surface area contributed by atoms with Gasteiger partial charge in [0.2, 0.25) is 5.91 Å². The largest absolute Gasteiger partial charge is 0.496 e. The lowest BCUT2D eigenvalue weighted by Crippen LogP contribution is -2.24. The second-order valence-electron chi connectivity index (χ2n) is 3.99. The first-order chi connectivity index (χ1) is 8.72. The van der Waals surface area contributed by atoms with E-state index in [-0.39, 0.29) is 5.91 Å². The molecule has 18 heavy (non-hydrogen) atoms. The highest BCUT2D eigenvalue weighted by Crippen LogP contribution is 2.29. The standard InChI is InChI=1S/C14H21NO3/c1-4-10-15-14(16)9-8-11-12(17-2)6-5-7-13(11)18-3/h5-7H,4,8-10H2,1-3H3,(H,15,16). The van der Waals surface area contributed by atoms with E-state index in [0.717, 1.165) is 30.0 Å². The van der Waals surface area contributed by atoms with E-state index >= 15 is 0 Å². The molecule has 4 heteroatoms. The predicted molar refractivity (Wildman–Crippen MR) is 71.2 cm³/mol. The van der Waals surface area contributed by atoms with Gasteiger partial charge in [0.05, 0.1) is 14.2 Å². The van der Waals surface area contributed by atoms with Crippen molar-refractivity contribution in [2.24, 2.45) is 0 Å². The number of rotatable bonds is 7. The van der Waals surface area contributed by atoms with Gasteiger partial charge < -0.3 is 14.8 Å². The van der Waals surface area contributed by atoms with Crippen LogP contribution in [0.4, 0.5) is 0 Å². The normalized spacial score (nSPS) is 9.94. The van der Waals surface area contributed by atoms with Gasteiger partial charge in [0.15, 0.2) is 0 Å². The van der Waals surface area contributed by atoms with Gasteiger partial charge >= 0.3 is 0 Å². The molecule has 100 valence electrons. The van der Waals surface area contributed by atoms with E-state index in [1.807, 2.05) is 25.1 Å². The molecule has 4 nitrogen and oxygen atoms in total. The van der Waals surface area contributed by atoms with Crippen molar-refractivity contribution in [3.8, 4) is 11.5 Å². The van der Waals surface area contributed by atoms with E-state index in [2.05, 4.69) is 5.32 Å². The van der Waals surface area contributed by atoms with Crippen LogP contribution in [0.5, 0.6) is 11.5 Å². The summed E-state index contributed by atoms with van der Waals surface area (Å²) in [6, 6.07) is 5.63. The number of hydrogen-bond donors (Lipinski definition) is 1. The van der Waals surface area contributed by atoms with Crippen LogP contribution in [0, 0.1) is 0 Å². The SMILES string of the molecule is CCCNC(=O)CCc1c(OC)cccc1OC. The van der Waals surface area contributed by atoms with Crippen molar-refractivity contribution < 1.29 is 14.3 Å². The molecule has 1 amide bonds. The predicted octanol–water partition coefficient (Wildman–Crippen LogP) is 2.16. The molecule has 0 fully saturated rings. The summed E-state index contributed by atoms with van der Waals surface area (Å²) < 4.78 is 10.6. The first-order valence-electron chi connectivity index (χ1n) is 6.19. The van der Waals surface area contributed by atoms with Gasteiger partial charge in [-0.15, -0.1) is 0 Å². The Morgan fingerprint density at radius 1 is 1.22 bits per heavy atom. The van der Waals surface area contributed by atoms with Gasteiger partial charge in [-0.25, -0.2) is 0 Å². The van der Waals surface area contributed by atoms with Gasteiger partial charge in [0.1, 0.15) is 11.5 Å². The van der Waals surface area contributed by atoms with Crippen LogP contribution in [-0.4, -0.2) is 26.7 Å². The highest BCUT2D eigenvalue weighted by atomic mass is 16.5. The topological polar surface area (TPSA) is 47.6 Å². The molecule has 0 spiro atoms. The van der Waals surface area contributed by atoms with Gasteiger partial charge in [-0.05, 0) is 25.0 Å². The number of carbonyl (C=O) groups excluding carboxylic acids is 1. The zero-order valence-corrected chi connectivity index (χ0v) is 11.3. The Morgan fingerprint density at radius 3 is 2.33 bits per heavy atom. The fourth-order valence-corrected chi connectivity index (χ4v) is 1.77. The van der Waals surface area contributed by atoms with Crippen LogP contribution in [0.1, 0.15) is 25.3 Å². The molecule has 1 rings (SSSR count). The molecule has 0 aliphatic heterocycles. The van der Waals surface area contributed by atoms with Crippen LogP contribution in [-0.2, 0) is 11.2 Å². The van der Waals surface area contributed by atoms with Crippen molar-refractivity contribution in [3.63, 3.8) is 0 Å².